The zero-order chi connectivity index (χ0) is 21.0. The summed E-state index contributed by atoms with van der Waals surface area (Å²) in [6, 6.07) is 6.92. The fraction of sp³-hybridized carbons (Fsp3) is 0.565. The van der Waals surface area contributed by atoms with E-state index in [4.69, 9.17) is 9.72 Å². The normalized spacial score (nSPS) is 19.6. The minimum Gasteiger partial charge on any atom is -0.447 e. The number of amides is 1. The molecular formula is C23H32N2O2S2. The van der Waals surface area contributed by atoms with E-state index in [1.54, 1.807) is 0 Å². The molecule has 0 spiro atoms. The van der Waals surface area contributed by atoms with Gasteiger partial charge in [-0.1, -0.05) is 26.0 Å². The van der Waals surface area contributed by atoms with Gasteiger partial charge in [0.25, 0.3) is 0 Å². The molecule has 2 aromatic rings. The van der Waals surface area contributed by atoms with E-state index in [0.29, 0.717) is 11.2 Å². The molecule has 1 aliphatic rings. The van der Waals surface area contributed by atoms with Crippen molar-refractivity contribution in [3.05, 3.63) is 35.0 Å². The molecule has 29 heavy (non-hydrogen) atoms. The van der Waals surface area contributed by atoms with Crippen LogP contribution in [-0.4, -0.2) is 28.5 Å². The number of hydrogen-bond acceptors (Lipinski definition) is 5. The summed E-state index contributed by atoms with van der Waals surface area (Å²) in [7, 11) is 0. The van der Waals surface area contributed by atoms with Crippen LogP contribution in [0.5, 0.6) is 0 Å². The van der Waals surface area contributed by atoms with Crippen LogP contribution in [-0.2, 0) is 4.74 Å². The molecule has 0 bridgehead atoms. The lowest BCUT2D eigenvalue weighted by atomic mass is 9.86. The molecule has 1 amide bonds. The number of carbonyl (C=O) groups is 1. The van der Waals surface area contributed by atoms with Crippen LogP contribution in [0.25, 0.3) is 10.4 Å². The molecule has 4 nitrogen and oxygen atoms in total. The summed E-state index contributed by atoms with van der Waals surface area (Å²) in [5.41, 5.74) is 2.59. The number of rotatable bonds is 6. The van der Waals surface area contributed by atoms with Crippen molar-refractivity contribution in [2.45, 2.75) is 88.5 Å². The topological polar surface area (TPSA) is 51.2 Å². The SMILES string of the molecule is Cc1ccc(-c2cnc([C@H]3CC[C@H](NC(=O)OC(C)C)CC3)s2)c(SC(C)C)c1. The average molecular weight is 433 g/mol. The number of hydrogen-bond donors (Lipinski definition) is 1. The van der Waals surface area contributed by atoms with Crippen molar-refractivity contribution in [3.8, 4) is 10.4 Å². The molecule has 1 aliphatic carbocycles. The smallest absolute Gasteiger partial charge is 0.407 e. The van der Waals surface area contributed by atoms with Gasteiger partial charge in [0.15, 0.2) is 0 Å². The average Bonchev–Trinajstić information content (AvgIpc) is 3.11. The summed E-state index contributed by atoms with van der Waals surface area (Å²) in [5.74, 6) is 0.486. The second-order valence-electron chi connectivity index (χ2n) is 8.38. The molecule has 1 N–H and O–H groups in total. The molecular weight excluding hydrogens is 400 g/mol. The van der Waals surface area contributed by atoms with E-state index in [1.165, 1.54) is 25.9 Å². The second-order valence-corrected chi connectivity index (χ2v) is 11.1. The van der Waals surface area contributed by atoms with Gasteiger partial charge in [0.05, 0.1) is 16.0 Å². The van der Waals surface area contributed by atoms with Crippen LogP contribution in [0.3, 0.4) is 0 Å². The molecule has 1 aromatic carbocycles. The Labute approximate surface area is 182 Å². The molecule has 1 aromatic heterocycles. The molecule has 0 atom stereocenters. The fourth-order valence-corrected chi connectivity index (χ4v) is 5.94. The van der Waals surface area contributed by atoms with Gasteiger partial charge in [-0.05, 0) is 58.1 Å². The summed E-state index contributed by atoms with van der Waals surface area (Å²) in [6.45, 7) is 10.4. The van der Waals surface area contributed by atoms with Crippen LogP contribution in [0.1, 0.15) is 69.9 Å². The molecule has 6 heteroatoms. The standard InChI is InChI=1S/C23H32N2O2S2/c1-14(2)27-23(26)25-18-9-7-17(8-10-18)22-24-13-21(29-22)19-11-6-16(5)12-20(19)28-15(3)4/h6,11-15,17-18H,7-10H2,1-5H3,(H,25,26)/t17-,18-. The summed E-state index contributed by atoms with van der Waals surface area (Å²) in [6.07, 6.45) is 5.73. The van der Waals surface area contributed by atoms with Crippen molar-refractivity contribution in [1.82, 2.24) is 10.3 Å². The van der Waals surface area contributed by atoms with Crippen molar-refractivity contribution in [1.29, 1.82) is 0 Å². The number of carbonyl (C=O) groups excluding carboxylic acids is 1. The number of ether oxygens (including phenoxy) is 1. The fourth-order valence-electron chi connectivity index (χ4n) is 3.68. The van der Waals surface area contributed by atoms with Crippen molar-refractivity contribution in [2.24, 2.45) is 0 Å². The molecule has 158 valence electrons. The predicted octanol–water partition coefficient (Wildman–Crippen LogP) is 6.78. The number of nitrogens with zero attached hydrogens (tertiary/aromatic N) is 1. The first-order valence-corrected chi connectivity index (χ1v) is 12.2. The molecule has 0 unspecified atom stereocenters. The maximum Gasteiger partial charge on any atom is 0.407 e. The van der Waals surface area contributed by atoms with Gasteiger partial charge in [-0.2, -0.15) is 0 Å². The van der Waals surface area contributed by atoms with Crippen LogP contribution < -0.4 is 5.32 Å². The van der Waals surface area contributed by atoms with Crippen LogP contribution in [0, 0.1) is 6.92 Å². The van der Waals surface area contributed by atoms with Gasteiger partial charge in [-0.25, -0.2) is 9.78 Å². The highest BCUT2D eigenvalue weighted by Crippen LogP contribution is 2.41. The second kappa shape index (κ2) is 9.98. The summed E-state index contributed by atoms with van der Waals surface area (Å²) in [4.78, 5) is 19.2. The highest BCUT2D eigenvalue weighted by Gasteiger charge is 2.26. The third-order valence-electron chi connectivity index (χ3n) is 5.03. The number of aromatic nitrogens is 1. The zero-order valence-corrected chi connectivity index (χ0v) is 19.7. The largest absolute Gasteiger partial charge is 0.447 e. The van der Waals surface area contributed by atoms with E-state index in [9.17, 15) is 4.79 Å². The molecule has 0 saturated heterocycles. The van der Waals surface area contributed by atoms with Gasteiger partial charge in [0.1, 0.15) is 0 Å². The van der Waals surface area contributed by atoms with Crippen molar-refractivity contribution in [2.75, 3.05) is 0 Å². The van der Waals surface area contributed by atoms with E-state index in [-0.39, 0.29) is 18.2 Å². The quantitative estimate of drug-likeness (QED) is 0.511. The van der Waals surface area contributed by atoms with Gasteiger partial charge in [0, 0.05) is 33.9 Å². The van der Waals surface area contributed by atoms with E-state index in [2.05, 4.69) is 44.3 Å². The molecule has 1 fully saturated rings. The summed E-state index contributed by atoms with van der Waals surface area (Å²) in [5, 5.41) is 4.78. The van der Waals surface area contributed by atoms with Crippen LogP contribution in [0.15, 0.2) is 29.3 Å². The lowest BCUT2D eigenvalue weighted by Gasteiger charge is -2.28. The van der Waals surface area contributed by atoms with Gasteiger partial charge >= 0.3 is 6.09 Å². The first-order valence-electron chi connectivity index (χ1n) is 10.5. The van der Waals surface area contributed by atoms with Crippen molar-refractivity contribution < 1.29 is 9.53 Å². The molecule has 1 heterocycles. The first kappa shape index (κ1) is 22.2. The maximum atomic E-state index is 11.8. The Morgan fingerprint density at radius 1 is 1.21 bits per heavy atom. The Morgan fingerprint density at radius 3 is 2.59 bits per heavy atom. The lowest BCUT2D eigenvalue weighted by Crippen LogP contribution is -2.38. The lowest BCUT2D eigenvalue weighted by molar-refractivity contribution is 0.109. The maximum absolute atomic E-state index is 11.8. The van der Waals surface area contributed by atoms with Gasteiger partial charge in [0.2, 0.25) is 0 Å². The van der Waals surface area contributed by atoms with Crippen LogP contribution >= 0.6 is 23.1 Å². The Hall–Kier alpha value is -1.53. The highest BCUT2D eigenvalue weighted by molar-refractivity contribution is 8.00. The van der Waals surface area contributed by atoms with Gasteiger partial charge in [-0.15, -0.1) is 23.1 Å². The number of thioether (sulfide) groups is 1. The van der Waals surface area contributed by atoms with E-state index >= 15 is 0 Å². The minimum atomic E-state index is -0.297. The zero-order valence-electron chi connectivity index (χ0n) is 18.0. The van der Waals surface area contributed by atoms with Crippen molar-refractivity contribution in [3.63, 3.8) is 0 Å². The third-order valence-corrected chi connectivity index (χ3v) is 7.29. The molecule has 0 radical (unpaired) electrons. The molecule has 1 saturated carbocycles. The Morgan fingerprint density at radius 2 is 1.93 bits per heavy atom. The Balaban J connectivity index is 1.64. The number of nitrogens with one attached hydrogen (secondary N) is 1. The summed E-state index contributed by atoms with van der Waals surface area (Å²) < 4.78 is 5.20. The van der Waals surface area contributed by atoms with Gasteiger partial charge in [-0.3, -0.25) is 0 Å². The predicted molar refractivity (Wildman–Crippen MR) is 123 cm³/mol. The first-order chi connectivity index (χ1) is 13.8. The van der Waals surface area contributed by atoms with Crippen molar-refractivity contribution >= 4 is 29.2 Å². The van der Waals surface area contributed by atoms with Crippen LogP contribution in [0.4, 0.5) is 4.79 Å². The summed E-state index contributed by atoms with van der Waals surface area (Å²) >= 11 is 3.74. The Bertz CT molecular complexity index is 824. The highest BCUT2D eigenvalue weighted by atomic mass is 32.2. The number of benzene rings is 1. The Kier molecular flexibility index (Phi) is 7.63. The van der Waals surface area contributed by atoms with E-state index in [1.807, 2.05) is 43.1 Å². The number of alkyl carbamates (subject to hydrolysis) is 1. The monoisotopic (exact) mass is 432 g/mol. The van der Waals surface area contributed by atoms with E-state index in [0.717, 1.165) is 25.7 Å². The number of thiazole rings is 1. The number of aryl methyl sites for hydroxylation is 1. The molecule has 0 aliphatic heterocycles. The minimum absolute atomic E-state index is 0.0828. The molecule has 3 rings (SSSR count). The van der Waals surface area contributed by atoms with Gasteiger partial charge < -0.3 is 10.1 Å². The van der Waals surface area contributed by atoms with E-state index < -0.39 is 0 Å². The van der Waals surface area contributed by atoms with Crippen LogP contribution in [0.2, 0.25) is 0 Å². The third kappa shape index (κ3) is 6.22.